The van der Waals surface area contributed by atoms with E-state index in [1.807, 2.05) is 26.0 Å². The number of hydrogen-bond donors (Lipinski definition) is 1. The van der Waals surface area contributed by atoms with Gasteiger partial charge < -0.3 is 10.5 Å². The molecule has 4 rings (SSSR count). The number of nitrogen functional groups attached to an aromatic ring is 1. The molecular weight excluding hydrogens is 344 g/mol. The highest BCUT2D eigenvalue weighted by Gasteiger charge is 2.24. The number of aromatic nitrogens is 4. The zero-order valence-corrected chi connectivity index (χ0v) is 15.0. The van der Waals surface area contributed by atoms with E-state index >= 15 is 0 Å². The van der Waals surface area contributed by atoms with Crippen molar-refractivity contribution in [3.05, 3.63) is 47.0 Å². The van der Waals surface area contributed by atoms with Crippen LogP contribution in [0, 0.1) is 25.2 Å². The quantitative estimate of drug-likeness (QED) is 0.562. The summed E-state index contributed by atoms with van der Waals surface area (Å²) in [6, 6.07) is 5.97. The minimum absolute atomic E-state index is 0.267. The van der Waals surface area contributed by atoms with Gasteiger partial charge in [0.1, 0.15) is 35.2 Å². The third-order valence-electron chi connectivity index (χ3n) is 4.79. The number of nitrogens with two attached hydrogens (primary N) is 1. The Morgan fingerprint density at radius 3 is 2.70 bits per heavy atom. The number of fused-ring (bicyclic) bond motifs is 3. The lowest BCUT2D eigenvalue weighted by Crippen LogP contribution is -2.07. The summed E-state index contributed by atoms with van der Waals surface area (Å²) < 4.78 is 8.73. The Morgan fingerprint density at radius 1 is 1.26 bits per heavy atom. The maximum absolute atomic E-state index is 11.2. The van der Waals surface area contributed by atoms with Gasteiger partial charge in [-0.05, 0) is 25.5 Å². The molecule has 0 aliphatic carbocycles. The Hall–Kier alpha value is -3.86. The number of rotatable bonds is 3. The maximum atomic E-state index is 11.2. The standard InChI is InChI=1S/C19H16N6O2/c1-10-4-5-14(27-3)11(2)16(10)25-17(21)13(6-20)15-18-22-7-12(8-26)24(18)9-23-19(15)25/h4-5,7-9H,21H2,1-3H3. The number of carbonyl (C=O) groups excluding carboxylic acids is 1. The number of hydrogen-bond acceptors (Lipinski definition) is 6. The first-order valence-electron chi connectivity index (χ1n) is 8.19. The predicted octanol–water partition coefficient (Wildman–Crippen LogP) is 2.57. The van der Waals surface area contributed by atoms with Crippen molar-refractivity contribution in [2.45, 2.75) is 13.8 Å². The molecule has 0 saturated heterocycles. The van der Waals surface area contributed by atoms with Gasteiger partial charge in [0.2, 0.25) is 0 Å². The molecule has 0 unspecified atom stereocenters. The van der Waals surface area contributed by atoms with Gasteiger partial charge in [-0.15, -0.1) is 0 Å². The highest BCUT2D eigenvalue weighted by atomic mass is 16.5. The Morgan fingerprint density at radius 2 is 2.04 bits per heavy atom. The summed E-state index contributed by atoms with van der Waals surface area (Å²) in [5.41, 5.74) is 10.6. The molecule has 2 N–H and O–H groups in total. The van der Waals surface area contributed by atoms with E-state index < -0.39 is 0 Å². The third-order valence-corrected chi connectivity index (χ3v) is 4.79. The van der Waals surface area contributed by atoms with Gasteiger partial charge in [0.05, 0.1) is 24.4 Å². The van der Waals surface area contributed by atoms with E-state index in [0.717, 1.165) is 16.8 Å². The molecular formula is C19H16N6O2. The average Bonchev–Trinajstić information content (AvgIpc) is 3.20. The molecule has 0 amide bonds. The van der Waals surface area contributed by atoms with Crippen LogP contribution in [0.15, 0.2) is 24.7 Å². The Balaban J connectivity index is 2.20. The van der Waals surface area contributed by atoms with Gasteiger partial charge in [-0.25, -0.2) is 9.97 Å². The second-order valence-electron chi connectivity index (χ2n) is 6.20. The highest BCUT2D eigenvalue weighted by Crippen LogP contribution is 2.36. The second kappa shape index (κ2) is 5.85. The van der Waals surface area contributed by atoms with Gasteiger partial charge >= 0.3 is 0 Å². The lowest BCUT2D eigenvalue weighted by atomic mass is 10.1. The SMILES string of the molecule is COc1ccc(C)c(-n2c(N)c(C#N)c3c2ncn2c(C=O)cnc32)c1C. The molecule has 0 bridgehead atoms. The molecule has 0 atom stereocenters. The summed E-state index contributed by atoms with van der Waals surface area (Å²) in [6.45, 7) is 3.88. The summed E-state index contributed by atoms with van der Waals surface area (Å²) in [5, 5.41) is 10.2. The molecule has 0 saturated carbocycles. The smallest absolute Gasteiger partial charge is 0.168 e. The minimum atomic E-state index is 0.267. The minimum Gasteiger partial charge on any atom is -0.496 e. The molecule has 0 fully saturated rings. The Bertz CT molecular complexity index is 1280. The molecule has 1 aromatic carbocycles. The van der Waals surface area contributed by atoms with Crippen LogP contribution >= 0.6 is 0 Å². The van der Waals surface area contributed by atoms with Crippen molar-refractivity contribution >= 4 is 28.8 Å². The number of anilines is 1. The molecule has 0 aliphatic heterocycles. The number of aryl methyl sites for hydroxylation is 1. The van der Waals surface area contributed by atoms with E-state index in [1.165, 1.54) is 12.5 Å². The first-order chi connectivity index (χ1) is 13.0. The monoisotopic (exact) mass is 360 g/mol. The number of nitriles is 1. The van der Waals surface area contributed by atoms with Gasteiger partial charge in [-0.3, -0.25) is 13.8 Å². The van der Waals surface area contributed by atoms with E-state index in [2.05, 4.69) is 16.0 Å². The maximum Gasteiger partial charge on any atom is 0.168 e. The zero-order valence-electron chi connectivity index (χ0n) is 15.0. The summed E-state index contributed by atoms with van der Waals surface area (Å²) >= 11 is 0. The summed E-state index contributed by atoms with van der Waals surface area (Å²) in [6.07, 6.45) is 3.65. The molecule has 0 aliphatic rings. The summed E-state index contributed by atoms with van der Waals surface area (Å²) in [5.74, 6) is 0.976. The average molecular weight is 360 g/mol. The molecule has 27 heavy (non-hydrogen) atoms. The fourth-order valence-corrected chi connectivity index (χ4v) is 3.51. The van der Waals surface area contributed by atoms with Crippen LogP contribution in [-0.4, -0.2) is 32.3 Å². The largest absolute Gasteiger partial charge is 0.496 e. The fourth-order valence-electron chi connectivity index (χ4n) is 3.51. The fraction of sp³-hybridized carbons (Fsp3) is 0.158. The number of benzene rings is 1. The van der Waals surface area contributed by atoms with E-state index in [-0.39, 0.29) is 11.4 Å². The van der Waals surface area contributed by atoms with Crippen molar-refractivity contribution in [2.24, 2.45) is 0 Å². The second-order valence-corrected chi connectivity index (χ2v) is 6.20. The lowest BCUT2D eigenvalue weighted by Gasteiger charge is -2.16. The molecule has 3 heterocycles. The van der Waals surface area contributed by atoms with Crippen LogP contribution in [-0.2, 0) is 0 Å². The Labute approximate surface area is 154 Å². The van der Waals surface area contributed by atoms with Gasteiger partial charge in [0.25, 0.3) is 0 Å². The lowest BCUT2D eigenvalue weighted by molar-refractivity contribution is 0.111. The molecule has 0 radical (unpaired) electrons. The number of aldehydes is 1. The van der Waals surface area contributed by atoms with Crippen LogP contribution in [0.1, 0.15) is 27.2 Å². The molecule has 8 nitrogen and oxygen atoms in total. The van der Waals surface area contributed by atoms with Crippen LogP contribution in [0.3, 0.4) is 0 Å². The van der Waals surface area contributed by atoms with Crippen molar-refractivity contribution in [1.29, 1.82) is 5.26 Å². The van der Waals surface area contributed by atoms with Crippen molar-refractivity contribution in [1.82, 2.24) is 18.9 Å². The first-order valence-corrected chi connectivity index (χ1v) is 8.19. The number of ether oxygens (including phenoxy) is 1. The number of imidazole rings is 1. The van der Waals surface area contributed by atoms with Gasteiger partial charge in [0, 0.05) is 5.56 Å². The van der Waals surface area contributed by atoms with Crippen molar-refractivity contribution in [3.63, 3.8) is 0 Å². The van der Waals surface area contributed by atoms with Crippen LogP contribution in [0.4, 0.5) is 5.82 Å². The van der Waals surface area contributed by atoms with Gasteiger partial charge in [-0.2, -0.15) is 5.26 Å². The normalized spacial score (nSPS) is 11.0. The number of carbonyl (C=O) groups is 1. The van der Waals surface area contributed by atoms with Crippen LogP contribution in [0.25, 0.3) is 22.4 Å². The van der Waals surface area contributed by atoms with E-state index in [4.69, 9.17) is 10.5 Å². The van der Waals surface area contributed by atoms with Crippen LogP contribution in [0.5, 0.6) is 5.75 Å². The van der Waals surface area contributed by atoms with Crippen molar-refractivity contribution < 1.29 is 9.53 Å². The summed E-state index contributed by atoms with van der Waals surface area (Å²) in [4.78, 5) is 20.0. The molecule has 0 spiro atoms. The van der Waals surface area contributed by atoms with E-state index in [1.54, 1.807) is 16.1 Å². The van der Waals surface area contributed by atoms with Gasteiger partial charge in [0.15, 0.2) is 17.6 Å². The molecule has 3 aromatic heterocycles. The van der Waals surface area contributed by atoms with E-state index in [9.17, 15) is 10.1 Å². The van der Waals surface area contributed by atoms with Crippen LogP contribution < -0.4 is 10.5 Å². The molecule has 8 heteroatoms. The third kappa shape index (κ3) is 2.12. The summed E-state index contributed by atoms with van der Waals surface area (Å²) in [7, 11) is 1.60. The zero-order chi connectivity index (χ0) is 19.3. The Kier molecular flexibility index (Phi) is 3.59. The van der Waals surface area contributed by atoms with Crippen molar-refractivity contribution in [2.75, 3.05) is 12.8 Å². The predicted molar refractivity (Wildman–Crippen MR) is 100 cm³/mol. The van der Waals surface area contributed by atoms with Gasteiger partial charge in [-0.1, -0.05) is 6.07 Å². The highest BCUT2D eigenvalue weighted by molar-refractivity contribution is 6.01. The molecule has 134 valence electrons. The number of methoxy groups -OCH3 is 1. The van der Waals surface area contributed by atoms with Crippen LogP contribution in [0.2, 0.25) is 0 Å². The first kappa shape index (κ1) is 16.6. The topological polar surface area (TPSA) is 111 Å². The molecule has 4 aromatic rings. The number of nitrogens with zero attached hydrogens (tertiary/aromatic N) is 5. The van der Waals surface area contributed by atoms with E-state index in [0.29, 0.717) is 34.4 Å². The van der Waals surface area contributed by atoms with Crippen molar-refractivity contribution in [3.8, 4) is 17.5 Å².